The van der Waals surface area contributed by atoms with Gasteiger partial charge in [0.2, 0.25) is 0 Å². The molecule has 0 amide bonds. The largest absolute Gasteiger partial charge is 0.390 e. The Labute approximate surface area is 166 Å². The molecule has 1 saturated carbocycles. The molecule has 1 aromatic heterocycles. The van der Waals surface area contributed by atoms with Gasteiger partial charge in [-0.15, -0.1) is 0 Å². The first-order chi connectivity index (χ1) is 12.7. The first-order valence-electron chi connectivity index (χ1n) is 9.37. The summed E-state index contributed by atoms with van der Waals surface area (Å²) in [6, 6.07) is 12.4. The third-order valence-corrected chi connectivity index (χ3v) is 5.69. The van der Waals surface area contributed by atoms with E-state index in [4.69, 9.17) is 11.6 Å². The van der Waals surface area contributed by atoms with Crippen LogP contribution in [0.25, 0.3) is 11.3 Å². The number of hydrogen-bond donors (Lipinski definition) is 2. The van der Waals surface area contributed by atoms with Gasteiger partial charge >= 0.3 is 0 Å². The van der Waals surface area contributed by atoms with Crippen LogP contribution in [0.5, 0.6) is 0 Å². The van der Waals surface area contributed by atoms with Gasteiger partial charge in [-0.1, -0.05) is 35.9 Å². The summed E-state index contributed by atoms with van der Waals surface area (Å²) >= 11 is 5.94. The first-order valence-corrected chi connectivity index (χ1v) is 9.75. The van der Waals surface area contributed by atoms with E-state index in [1.54, 1.807) is 12.3 Å². The Morgan fingerprint density at radius 3 is 2.48 bits per heavy atom. The van der Waals surface area contributed by atoms with Crippen molar-refractivity contribution >= 4 is 11.6 Å². The second-order valence-corrected chi connectivity index (χ2v) is 8.72. The van der Waals surface area contributed by atoms with Crippen LogP contribution in [0.1, 0.15) is 57.6 Å². The summed E-state index contributed by atoms with van der Waals surface area (Å²) in [6.07, 6.45) is 5.19. The van der Waals surface area contributed by atoms with Crippen molar-refractivity contribution in [3.8, 4) is 17.3 Å². The van der Waals surface area contributed by atoms with Crippen molar-refractivity contribution in [1.29, 1.82) is 5.26 Å². The molecule has 0 radical (unpaired) electrons. The fourth-order valence-electron chi connectivity index (χ4n) is 3.78. The highest BCUT2D eigenvalue weighted by Gasteiger charge is 2.32. The summed E-state index contributed by atoms with van der Waals surface area (Å²) in [5.74, 6) is 0. The van der Waals surface area contributed by atoms with E-state index in [1.165, 1.54) is 5.56 Å². The molecular formula is C22H26ClN3O. The van der Waals surface area contributed by atoms with Crippen LogP contribution < -0.4 is 5.32 Å². The number of halogens is 1. The highest BCUT2D eigenvalue weighted by molar-refractivity contribution is 6.30. The van der Waals surface area contributed by atoms with Gasteiger partial charge in [-0.05, 0) is 58.1 Å². The standard InChI is InChI=1S/C22H26ClN3O/c1-21(2,26-19-8-10-22(3,27)11-9-19)17-6-4-15(5-7-17)20-16(13-24)12-18(23)14-25-20/h4-7,12,14,19,26-27H,8-11H2,1-3H3. The molecule has 1 fully saturated rings. The third-order valence-electron chi connectivity index (χ3n) is 5.48. The maximum absolute atomic E-state index is 10.1. The molecule has 0 atom stereocenters. The molecule has 1 aliphatic rings. The molecule has 2 N–H and O–H groups in total. The number of nitrogens with one attached hydrogen (secondary N) is 1. The first kappa shape index (κ1) is 19.8. The van der Waals surface area contributed by atoms with E-state index in [1.807, 2.05) is 19.1 Å². The topological polar surface area (TPSA) is 68.9 Å². The number of benzene rings is 1. The van der Waals surface area contributed by atoms with Crippen molar-refractivity contribution in [3.05, 3.63) is 52.7 Å². The highest BCUT2D eigenvalue weighted by atomic mass is 35.5. The van der Waals surface area contributed by atoms with Crippen LogP contribution >= 0.6 is 11.6 Å². The lowest BCUT2D eigenvalue weighted by Gasteiger charge is -2.38. The SMILES string of the molecule is CC1(O)CCC(NC(C)(C)c2ccc(-c3ncc(Cl)cc3C#N)cc2)CC1. The molecule has 1 aromatic carbocycles. The highest BCUT2D eigenvalue weighted by Crippen LogP contribution is 2.31. The number of nitrogens with zero attached hydrogens (tertiary/aromatic N) is 2. The Balaban J connectivity index is 1.76. The molecule has 0 aliphatic heterocycles. The number of pyridine rings is 1. The molecule has 1 aliphatic carbocycles. The van der Waals surface area contributed by atoms with Gasteiger partial charge in [-0.2, -0.15) is 5.26 Å². The molecule has 3 rings (SSSR count). The van der Waals surface area contributed by atoms with Crippen molar-refractivity contribution in [2.75, 3.05) is 0 Å². The van der Waals surface area contributed by atoms with Gasteiger partial charge in [0.15, 0.2) is 0 Å². The maximum atomic E-state index is 10.1. The lowest BCUT2D eigenvalue weighted by Crippen LogP contribution is -2.47. The van der Waals surface area contributed by atoms with Crippen LogP contribution in [0, 0.1) is 11.3 Å². The summed E-state index contributed by atoms with van der Waals surface area (Å²) in [5.41, 5.74) is 2.49. The zero-order chi connectivity index (χ0) is 19.7. The fraction of sp³-hybridized carbons (Fsp3) is 0.455. The van der Waals surface area contributed by atoms with Gasteiger partial charge in [0.05, 0.1) is 21.9 Å². The van der Waals surface area contributed by atoms with Crippen molar-refractivity contribution in [3.63, 3.8) is 0 Å². The van der Waals surface area contributed by atoms with Gasteiger partial charge in [-0.25, -0.2) is 0 Å². The number of rotatable bonds is 4. The lowest BCUT2D eigenvalue weighted by atomic mass is 9.82. The predicted octanol–water partition coefficient (Wildman–Crippen LogP) is 4.79. The van der Waals surface area contributed by atoms with Crippen LogP contribution in [-0.2, 0) is 5.54 Å². The Morgan fingerprint density at radius 1 is 1.26 bits per heavy atom. The van der Waals surface area contributed by atoms with E-state index in [2.05, 4.69) is 42.4 Å². The summed E-state index contributed by atoms with van der Waals surface area (Å²) in [5, 5.41) is 23.7. The fourth-order valence-corrected chi connectivity index (χ4v) is 3.93. The minimum absolute atomic E-state index is 0.183. The number of aromatic nitrogens is 1. The molecule has 0 spiro atoms. The second kappa shape index (κ2) is 7.59. The molecule has 1 heterocycles. The minimum atomic E-state index is -0.520. The van der Waals surface area contributed by atoms with Gasteiger partial charge in [0.1, 0.15) is 6.07 Å². The van der Waals surface area contributed by atoms with E-state index in [0.29, 0.717) is 22.3 Å². The number of aliphatic hydroxyl groups is 1. The molecule has 4 nitrogen and oxygen atoms in total. The molecule has 0 saturated heterocycles. The Kier molecular flexibility index (Phi) is 5.58. The van der Waals surface area contributed by atoms with Gasteiger partial charge in [0.25, 0.3) is 0 Å². The molecular weight excluding hydrogens is 358 g/mol. The van der Waals surface area contributed by atoms with Crippen molar-refractivity contribution in [1.82, 2.24) is 10.3 Å². The smallest absolute Gasteiger partial charge is 0.101 e. The summed E-state index contributed by atoms with van der Waals surface area (Å²) in [6.45, 7) is 6.28. The van der Waals surface area contributed by atoms with Crippen molar-refractivity contribution in [2.24, 2.45) is 0 Å². The number of nitriles is 1. The molecule has 0 unspecified atom stereocenters. The Morgan fingerprint density at radius 2 is 1.89 bits per heavy atom. The average molecular weight is 384 g/mol. The van der Waals surface area contributed by atoms with Gasteiger partial charge in [-0.3, -0.25) is 4.98 Å². The van der Waals surface area contributed by atoms with Crippen molar-refractivity contribution < 1.29 is 5.11 Å². The zero-order valence-corrected chi connectivity index (χ0v) is 16.8. The molecule has 27 heavy (non-hydrogen) atoms. The molecule has 5 heteroatoms. The summed E-state index contributed by atoms with van der Waals surface area (Å²) in [4.78, 5) is 4.32. The van der Waals surface area contributed by atoms with Crippen LogP contribution in [0.3, 0.4) is 0 Å². The third kappa shape index (κ3) is 4.68. The van der Waals surface area contributed by atoms with E-state index in [-0.39, 0.29) is 5.54 Å². The van der Waals surface area contributed by atoms with E-state index < -0.39 is 5.60 Å². The average Bonchev–Trinajstić information content (AvgIpc) is 2.63. The zero-order valence-electron chi connectivity index (χ0n) is 16.1. The number of hydrogen-bond acceptors (Lipinski definition) is 4. The quantitative estimate of drug-likeness (QED) is 0.796. The molecule has 2 aromatic rings. The van der Waals surface area contributed by atoms with Gasteiger partial charge in [0, 0.05) is 23.3 Å². The monoisotopic (exact) mass is 383 g/mol. The minimum Gasteiger partial charge on any atom is -0.390 e. The van der Waals surface area contributed by atoms with E-state index >= 15 is 0 Å². The van der Waals surface area contributed by atoms with Gasteiger partial charge < -0.3 is 10.4 Å². The molecule has 142 valence electrons. The van der Waals surface area contributed by atoms with Crippen LogP contribution in [0.2, 0.25) is 5.02 Å². The summed E-state index contributed by atoms with van der Waals surface area (Å²) < 4.78 is 0. The maximum Gasteiger partial charge on any atom is 0.101 e. The van der Waals surface area contributed by atoms with Crippen LogP contribution in [0.15, 0.2) is 36.5 Å². The lowest BCUT2D eigenvalue weighted by molar-refractivity contribution is 0.0110. The van der Waals surface area contributed by atoms with Crippen LogP contribution in [-0.4, -0.2) is 21.7 Å². The Hall–Kier alpha value is -1.93. The Bertz CT molecular complexity index is 843. The van der Waals surface area contributed by atoms with Crippen LogP contribution in [0.4, 0.5) is 0 Å². The predicted molar refractivity (Wildman–Crippen MR) is 108 cm³/mol. The van der Waals surface area contributed by atoms with E-state index in [0.717, 1.165) is 31.2 Å². The van der Waals surface area contributed by atoms with E-state index in [9.17, 15) is 10.4 Å². The normalized spacial score (nSPS) is 23.0. The van der Waals surface area contributed by atoms with Crippen molar-refractivity contribution in [2.45, 2.75) is 63.6 Å². The molecule has 0 bridgehead atoms. The summed E-state index contributed by atoms with van der Waals surface area (Å²) in [7, 11) is 0. The second-order valence-electron chi connectivity index (χ2n) is 8.28.